The van der Waals surface area contributed by atoms with Gasteiger partial charge in [0.25, 0.3) is 0 Å². The van der Waals surface area contributed by atoms with E-state index in [1.54, 1.807) is 14.0 Å². The van der Waals surface area contributed by atoms with Crippen molar-refractivity contribution in [3.8, 4) is 0 Å². The first kappa shape index (κ1) is 12.3. The fourth-order valence-electron chi connectivity index (χ4n) is 1.91. The summed E-state index contributed by atoms with van der Waals surface area (Å²) < 4.78 is 5.13. The smallest absolute Gasteiger partial charge is 0.0931 e. The maximum absolute atomic E-state index is 9.42. The molecular formula is C13H20N2O2. The van der Waals surface area contributed by atoms with Gasteiger partial charge in [0.15, 0.2) is 0 Å². The highest BCUT2D eigenvalue weighted by Crippen LogP contribution is 2.31. The molecule has 1 aromatic heterocycles. The summed E-state index contributed by atoms with van der Waals surface area (Å²) in [4.78, 5) is 6.62. The van der Waals surface area contributed by atoms with Crippen LogP contribution >= 0.6 is 0 Å². The summed E-state index contributed by atoms with van der Waals surface area (Å²) in [5.74, 6) is 0. The number of hydrogen-bond donors (Lipinski definition) is 1. The summed E-state index contributed by atoms with van der Waals surface area (Å²) in [5, 5.41) is 9.42. The van der Waals surface area contributed by atoms with Crippen molar-refractivity contribution >= 4 is 5.69 Å². The van der Waals surface area contributed by atoms with Gasteiger partial charge in [-0.05, 0) is 31.9 Å². The highest BCUT2D eigenvalue weighted by atomic mass is 16.5. The van der Waals surface area contributed by atoms with Crippen LogP contribution in [-0.2, 0) is 4.74 Å². The summed E-state index contributed by atoms with van der Waals surface area (Å²) >= 11 is 0. The molecular weight excluding hydrogens is 216 g/mol. The molecule has 1 atom stereocenters. The summed E-state index contributed by atoms with van der Waals surface area (Å²) in [7, 11) is 1.72. The minimum Gasteiger partial charge on any atom is -0.387 e. The third-order valence-electron chi connectivity index (χ3n) is 3.05. The minimum atomic E-state index is -0.502. The Morgan fingerprint density at radius 1 is 1.53 bits per heavy atom. The highest BCUT2D eigenvalue weighted by molar-refractivity contribution is 5.47. The van der Waals surface area contributed by atoms with Gasteiger partial charge in [-0.2, -0.15) is 0 Å². The normalized spacial score (nSPS) is 16.9. The van der Waals surface area contributed by atoms with Crippen LogP contribution < -0.4 is 4.90 Å². The monoisotopic (exact) mass is 236 g/mol. The number of ether oxygens (including phenoxy) is 1. The van der Waals surface area contributed by atoms with Gasteiger partial charge in [0.2, 0.25) is 0 Å². The molecule has 1 N–H and O–H groups in total. The number of methoxy groups -OCH3 is 1. The van der Waals surface area contributed by atoms with Crippen molar-refractivity contribution in [1.82, 2.24) is 4.98 Å². The van der Waals surface area contributed by atoms with E-state index in [1.807, 2.05) is 18.3 Å². The number of anilines is 1. The van der Waals surface area contributed by atoms with Gasteiger partial charge in [-0.15, -0.1) is 0 Å². The second kappa shape index (κ2) is 5.47. The molecule has 94 valence electrons. The Kier molecular flexibility index (Phi) is 3.97. The van der Waals surface area contributed by atoms with Crippen LogP contribution in [0.15, 0.2) is 18.3 Å². The lowest BCUT2D eigenvalue weighted by molar-refractivity contribution is 0.194. The van der Waals surface area contributed by atoms with Gasteiger partial charge in [-0.1, -0.05) is 0 Å². The largest absolute Gasteiger partial charge is 0.387 e. The van der Waals surface area contributed by atoms with E-state index in [0.717, 1.165) is 24.5 Å². The van der Waals surface area contributed by atoms with Crippen molar-refractivity contribution in [2.75, 3.05) is 25.2 Å². The molecule has 4 heteroatoms. The van der Waals surface area contributed by atoms with Crippen LogP contribution in [0.25, 0.3) is 0 Å². The SMILES string of the molecule is COCCN(c1ccc([C@H](C)O)nc1)C1CC1. The van der Waals surface area contributed by atoms with Crippen LogP contribution in [0.2, 0.25) is 0 Å². The van der Waals surface area contributed by atoms with Gasteiger partial charge in [-0.3, -0.25) is 4.98 Å². The number of aromatic nitrogens is 1. The molecule has 1 fully saturated rings. The van der Waals surface area contributed by atoms with Crippen molar-refractivity contribution in [2.45, 2.75) is 31.9 Å². The quantitative estimate of drug-likeness (QED) is 0.817. The molecule has 0 aliphatic heterocycles. The number of pyridine rings is 1. The Morgan fingerprint density at radius 3 is 2.76 bits per heavy atom. The lowest BCUT2D eigenvalue weighted by atomic mass is 10.2. The molecule has 1 aromatic rings. The van der Waals surface area contributed by atoms with Crippen LogP contribution in [0.3, 0.4) is 0 Å². The van der Waals surface area contributed by atoms with Crippen LogP contribution in [0, 0.1) is 0 Å². The topological polar surface area (TPSA) is 45.6 Å². The third kappa shape index (κ3) is 3.17. The molecule has 0 unspecified atom stereocenters. The zero-order valence-electron chi connectivity index (χ0n) is 10.5. The minimum absolute atomic E-state index is 0.502. The van der Waals surface area contributed by atoms with Gasteiger partial charge < -0.3 is 14.7 Å². The fraction of sp³-hybridized carbons (Fsp3) is 0.615. The fourth-order valence-corrected chi connectivity index (χ4v) is 1.91. The maximum atomic E-state index is 9.42. The summed E-state index contributed by atoms with van der Waals surface area (Å²) in [6.45, 7) is 3.36. The Labute approximate surface area is 102 Å². The van der Waals surface area contributed by atoms with E-state index >= 15 is 0 Å². The molecule has 4 nitrogen and oxygen atoms in total. The molecule has 2 rings (SSSR count). The summed E-state index contributed by atoms with van der Waals surface area (Å²) in [6, 6.07) is 4.56. The molecule has 0 amide bonds. The van der Waals surface area contributed by atoms with Gasteiger partial charge in [-0.25, -0.2) is 0 Å². The predicted octanol–water partition coefficient (Wildman–Crippen LogP) is 1.75. The van der Waals surface area contributed by atoms with Crippen LogP contribution in [0.5, 0.6) is 0 Å². The molecule has 0 bridgehead atoms. The van der Waals surface area contributed by atoms with E-state index in [1.165, 1.54) is 12.8 Å². The molecule has 1 saturated carbocycles. The molecule has 0 radical (unpaired) electrons. The van der Waals surface area contributed by atoms with E-state index in [-0.39, 0.29) is 0 Å². The highest BCUT2D eigenvalue weighted by Gasteiger charge is 2.29. The lowest BCUT2D eigenvalue weighted by Crippen LogP contribution is -2.29. The van der Waals surface area contributed by atoms with Crippen molar-refractivity contribution in [1.29, 1.82) is 0 Å². The second-order valence-electron chi connectivity index (χ2n) is 4.53. The van der Waals surface area contributed by atoms with E-state index in [2.05, 4.69) is 9.88 Å². The molecule has 17 heavy (non-hydrogen) atoms. The molecule has 1 aliphatic rings. The Morgan fingerprint density at radius 2 is 2.29 bits per heavy atom. The molecule has 1 heterocycles. The number of hydrogen-bond acceptors (Lipinski definition) is 4. The first-order valence-electron chi connectivity index (χ1n) is 6.12. The maximum Gasteiger partial charge on any atom is 0.0931 e. The predicted molar refractivity (Wildman–Crippen MR) is 67.1 cm³/mol. The van der Waals surface area contributed by atoms with E-state index in [0.29, 0.717) is 6.04 Å². The van der Waals surface area contributed by atoms with Gasteiger partial charge in [0.1, 0.15) is 0 Å². The number of rotatable bonds is 6. The molecule has 1 aliphatic carbocycles. The van der Waals surface area contributed by atoms with Gasteiger partial charge in [0.05, 0.1) is 30.3 Å². The number of aliphatic hydroxyl groups is 1. The first-order chi connectivity index (χ1) is 8.22. The van der Waals surface area contributed by atoms with Crippen molar-refractivity contribution in [2.24, 2.45) is 0 Å². The van der Waals surface area contributed by atoms with Crippen LogP contribution in [-0.4, -0.2) is 36.4 Å². The van der Waals surface area contributed by atoms with Gasteiger partial charge in [0, 0.05) is 19.7 Å². The average molecular weight is 236 g/mol. The zero-order valence-corrected chi connectivity index (χ0v) is 10.5. The van der Waals surface area contributed by atoms with E-state index < -0.39 is 6.10 Å². The molecule has 0 spiro atoms. The van der Waals surface area contributed by atoms with Crippen molar-refractivity contribution in [3.05, 3.63) is 24.0 Å². The Balaban J connectivity index is 2.07. The molecule has 0 aromatic carbocycles. The Hall–Kier alpha value is -1.13. The third-order valence-corrected chi connectivity index (χ3v) is 3.05. The van der Waals surface area contributed by atoms with Crippen LogP contribution in [0.4, 0.5) is 5.69 Å². The first-order valence-corrected chi connectivity index (χ1v) is 6.12. The number of aliphatic hydroxyl groups excluding tert-OH is 1. The van der Waals surface area contributed by atoms with Crippen molar-refractivity contribution < 1.29 is 9.84 Å². The van der Waals surface area contributed by atoms with Crippen LogP contribution in [0.1, 0.15) is 31.6 Å². The number of nitrogens with zero attached hydrogens (tertiary/aromatic N) is 2. The van der Waals surface area contributed by atoms with Crippen molar-refractivity contribution in [3.63, 3.8) is 0 Å². The summed E-state index contributed by atoms with van der Waals surface area (Å²) in [6.07, 6.45) is 3.84. The average Bonchev–Trinajstić information content (AvgIpc) is 3.14. The lowest BCUT2D eigenvalue weighted by Gasteiger charge is -2.24. The second-order valence-corrected chi connectivity index (χ2v) is 4.53. The van der Waals surface area contributed by atoms with E-state index in [4.69, 9.17) is 4.74 Å². The molecule has 0 saturated heterocycles. The standard InChI is InChI=1S/C13H20N2O2/c1-10(16)13-6-5-12(9-14-13)15(7-8-17-2)11-3-4-11/h5-6,9-11,16H,3-4,7-8H2,1-2H3/t10-/m0/s1. The zero-order chi connectivity index (χ0) is 12.3. The summed E-state index contributed by atoms with van der Waals surface area (Å²) in [5.41, 5.74) is 1.84. The Bertz CT molecular complexity index is 347. The van der Waals surface area contributed by atoms with E-state index in [9.17, 15) is 5.11 Å². The van der Waals surface area contributed by atoms with Gasteiger partial charge >= 0.3 is 0 Å².